The van der Waals surface area contributed by atoms with Crippen LogP contribution in [0.5, 0.6) is 0 Å². The van der Waals surface area contributed by atoms with E-state index in [1.54, 1.807) is 0 Å². The summed E-state index contributed by atoms with van der Waals surface area (Å²) in [6.45, 7) is 14.7. The van der Waals surface area contributed by atoms with Gasteiger partial charge in [0.15, 0.2) is 0 Å². The molecule has 0 saturated carbocycles. The molecule has 2 heterocycles. The normalized spacial score (nSPS) is 27.9. The van der Waals surface area contributed by atoms with Gasteiger partial charge in [0.1, 0.15) is 0 Å². The average Bonchev–Trinajstić information content (AvgIpc) is 2.53. The monoisotopic (exact) mass is 295 g/mol. The van der Waals surface area contributed by atoms with Crippen LogP contribution in [-0.2, 0) is 0 Å². The molecule has 3 nitrogen and oxygen atoms in total. The minimum atomic E-state index is 0.697. The van der Waals surface area contributed by atoms with Gasteiger partial charge in [-0.15, -0.1) is 0 Å². The van der Waals surface area contributed by atoms with E-state index in [1.165, 1.54) is 77.8 Å². The quantitative estimate of drug-likeness (QED) is 0.729. The molecule has 0 bridgehead atoms. The van der Waals surface area contributed by atoms with Crippen molar-refractivity contribution in [3.8, 4) is 0 Å². The second-order valence-electron chi connectivity index (χ2n) is 7.25. The Morgan fingerprint density at radius 3 is 2.52 bits per heavy atom. The Bertz CT molecular complexity index is 274. The lowest BCUT2D eigenvalue weighted by atomic mass is 9.90. The summed E-state index contributed by atoms with van der Waals surface area (Å²) in [5, 5.41) is 3.79. The Morgan fingerprint density at radius 1 is 1.10 bits per heavy atom. The van der Waals surface area contributed by atoms with Crippen LogP contribution < -0.4 is 5.32 Å². The maximum Gasteiger partial charge on any atom is 0.00679 e. The molecule has 2 unspecified atom stereocenters. The van der Waals surface area contributed by atoms with Gasteiger partial charge in [-0.25, -0.2) is 0 Å². The molecule has 2 saturated heterocycles. The number of likely N-dealkylation sites (tertiary alicyclic amines) is 2. The smallest absolute Gasteiger partial charge is 0.00679 e. The number of nitrogens with zero attached hydrogens (tertiary/aromatic N) is 2. The van der Waals surface area contributed by atoms with E-state index in [0.29, 0.717) is 6.04 Å². The van der Waals surface area contributed by atoms with Crippen molar-refractivity contribution in [2.75, 3.05) is 39.3 Å². The van der Waals surface area contributed by atoms with Gasteiger partial charge in [-0.1, -0.05) is 13.3 Å². The van der Waals surface area contributed by atoms with Crippen LogP contribution in [0.15, 0.2) is 0 Å². The predicted octanol–water partition coefficient (Wildman–Crippen LogP) is 2.96. The van der Waals surface area contributed by atoms with E-state index in [9.17, 15) is 0 Å². The Hall–Kier alpha value is -0.120. The third-order valence-corrected chi connectivity index (χ3v) is 5.82. The Balaban J connectivity index is 1.56. The van der Waals surface area contributed by atoms with Crippen LogP contribution in [0.3, 0.4) is 0 Å². The highest BCUT2D eigenvalue weighted by molar-refractivity contribution is 4.79. The summed E-state index contributed by atoms with van der Waals surface area (Å²) in [4.78, 5) is 5.27. The van der Waals surface area contributed by atoms with Crippen molar-refractivity contribution in [1.82, 2.24) is 15.1 Å². The fourth-order valence-corrected chi connectivity index (χ4v) is 4.04. The first kappa shape index (κ1) is 17.2. The lowest BCUT2D eigenvalue weighted by Gasteiger charge is -2.35. The van der Waals surface area contributed by atoms with Crippen LogP contribution in [0.4, 0.5) is 0 Å². The average molecular weight is 296 g/mol. The molecule has 2 fully saturated rings. The Labute approximate surface area is 132 Å². The van der Waals surface area contributed by atoms with Crippen molar-refractivity contribution < 1.29 is 0 Å². The molecule has 0 aliphatic carbocycles. The number of piperidine rings is 2. The van der Waals surface area contributed by atoms with Gasteiger partial charge in [0.2, 0.25) is 0 Å². The minimum Gasteiger partial charge on any atom is -0.314 e. The topological polar surface area (TPSA) is 18.5 Å². The van der Waals surface area contributed by atoms with E-state index in [-0.39, 0.29) is 0 Å². The molecule has 0 aromatic rings. The largest absolute Gasteiger partial charge is 0.314 e. The highest BCUT2D eigenvalue weighted by Crippen LogP contribution is 2.20. The molecule has 0 spiro atoms. The second kappa shape index (κ2) is 9.12. The zero-order valence-corrected chi connectivity index (χ0v) is 14.6. The molecular weight excluding hydrogens is 258 g/mol. The van der Waals surface area contributed by atoms with E-state index in [1.807, 2.05) is 0 Å². The van der Waals surface area contributed by atoms with Crippen molar-refractivity contribution in [2.45, 2.75) is 71.4 Å². The molecule has 21 heavy (non-hydrogen) atoms. The van der Waals surface area contributed by atoms with Gasteiger partial charge >= 0.3 is 0 Å². The first-order valence-corrected chi connectivity index (χ1v) is 9.40. The molecule has 0 aromatic carbocycles. The molecule has 2 aliphatic rings. The van der Waals surface area contributed by atoms with Crippen molar-refractivity contribution in [3.63, 3.8) is 0 Å². The van der Waals surface area contributed by atoms with Crippen LogP contribution in [0, 0.1) is 5.92 Å². The SMILES string of the molecule is CCN1CCC(C(C)NCCCN2CCCCC2C)CC1. The summed E-state index contributed by atoms with van der Waals surface area (Å²) in [7, 11) is 0. The van der Waals surface area contributed by atoms with E-state index in [2.05, 4.69) is 35.9 Å². The Morgan fingerprint density at radius 2 is 1.86 bits per heavy atom. The van der Waals surface area contributed by atoms with Crippen molar-refractivity contribution in [3.05, 3.63) is 0 Å². The number of rotatable bonds is 7. The van der Waals surface area contributed by atoms with Crippen LogP contribution in [0.25, 0.3) is 0 Å². The molecular formula is C18H37N3. The van der Waals surface area contributed by atoms with Gasteiger partial charge in [0.05, 0.1) is 0 Å². The van der Waals surface area contributed by atoms with Crippen LogP contribution in [0.1, 0.15) is 59.3 Å². The lowest BCUT2D eigenvalue weighted by Crippen LogP contribution is -2.43. The third kappa shape index (κ3) is 5.54. The van der Waals surface area contributed by atoms with Crippen molar-refractivity contribution in [1.29, 1.82) is 0 Å². The van der Waals surface area contributed by atoms with Crippen LogP contribution in [0.2, 0.25) is 0 Å². The first-order valence-electron chi connectivity index (χ1n) is 9.40. The molecule has 0 radical (unpaired) electrons. The number of hydrogen-bond donors (Lipinski definition) is 1. The zero-order valence-electron chi connectivity index (χ0n) is 14.6. The van der Waals surface area contributed by atoms with E-state index in [4.69, 9.17) is 0 Å². The van der Waals surface area contributed by atoms with Gasteiger partial charge in [0.25, 0.3) is 0 Å². The van der Waals surface area contributed by atoms with Gasteiger partial charge in [0, 0.05) is 12.1 Å². The molecule has 0 aromatic heterocycles. The second-order valence-corrected chi connectivity index (χ2v) is 7.25. The summed E-state index contributed by atoms with van der Waals surface area (Å²) in [5.41, 5.74) is 0. The maximum absolute atomic E-state index is 3.79. The molecule has 1 N–H and O–H groups in total. The van der Waals surface area contributed by atoms with Crippen molar-refractivity contribution in [2.24, 2.45) is 5.92 Å². The summed E-state index contributed by atoms with van der Waals surface area (Å²) in [5.74, 6) is 0.890. The number of hydrogen-bond acceptors (Lipinski definition) is 3. The van der Waals surface area contributed by atoms with Crippen LogP contribution >= 0.6 is 0 Å². The van der Waals surface area contributed by atoms with Gasteiger partial charge < -0.3 is 15.1 Å². The third-order valence-electron chi connectivity index (χ3n) is 5.82. The minimum absolute atomic E-state index is 0.697. The van der Waals surface area contributed by atoms with E-state index in [0.717, 1.165) is 12.0 Å². The highest BCUT2D eigenvalue weighted by atomic mass is 15.2. The molecule has 0 amide bonds. The fourth-order valence-electron chi connectivity index (χ4n) is 4.04. The summed E-state index contributed by atoms with van der Waals surface area (Å²) in [6, 6.07) is 1.51. The molecule has 2 aliphatic heterocycles. The standard InChI is InChI=1S/C18H37N3/c1-4-20-14-9-18(10-15-20)17(3)19-11-7-13-21-12-6-5-8-16(21)2/h16-19H,4-15H2,1-3H3. The highest BCUT2D eigenvalue weighted by Gasteiger charge is 2.23. The lowest BCUT2D eigenvalue weighted by molar-refractivity contribution is 0.153. The summed E-state index contributed by atoms with van der Waals surface area (Å²) >= 11 is 0. The van der Waals surface area contributed by atoms with E-state index < -0.39 is 0 Å². The van der Waals surface area contributed by atoms with Crippen molar-refractivity contribution >= 4 is 0 Å². The summed E-state index contributed by atoms with van der Waals surface area (Å²) in [6.07, 6.45) is 8.31. The maximum atomic E-state index is 3.79. The summed E-state index contributed by atoms with van der Waals surface area (Å²) < 4.78 is 0. The van der Waals surface area contributed by atoms with Gasteiger partial charge in [-0.05, 0) is 91.1 Å². The van der Waals surface area contributed by atoms with Crippen LogP contribution in [-0.4, -0.2) is 61.2 Å². The molecule has 2 rings (SSSR count). The predicted molar refractivity (Wildman–Crippen MR) is 91.8 cm³/mol. The van der Waals surface area contributed by atoms with Gasteiger partial charge in [-0.3, -0.25) is 0 Å². The number of nitrogens with one attached hydrogen (secondary N) is 1. The van der Waals surface area contributed by atoms with Gasteiger partial charge in [-0.2, -0.15) is 0 Å². The molecule has 2 atom stereocenters. The molecule has 124 valence electrons. The zero-order chi connectivity index (χ0) is 15.1. The fraction of sp³-hybridized carbons (Fsp3) is 1.00. The molecule has 3 heteroatoms. The van der Waals surface area contributed by atoms with E-state index >= 15 is 0 Å². The first-order chi connectivity index (χ1) is 10.2. The Kier molecular flexibility index (Phi) is 7.48.